The molecule has 0 heterocycles. The van der Waals surface area contributed by atoms with E-state index in [1.165, 1.54) is 0 Å². The third kappa shape index (κ3) is 3.06. The summed E-state index contributed by atoms with van der Waals surface area (Å²) < 4.78 is 33.5. The van der Waals surface area contributed by atoms with E-state index in [1.54, 1.807) is 24.3 Å². The fourth-order valence-electron chi connectivity index (χ4n) is 0.801. The lowest BCUT2D eigenvalue weighted by Gasteiger charge is -1.98. The van der Waals surface area contributed by atoms with Crippen LogP contribution in [0.3, 0.4) is 0 Å². The van der Waals surface area contributed by atoms with Gasteiger partial charge < -0.3 is 0 Å². The number of benzene rings is 1. The molecule has 0 unspecified atom stereocenters. The van der Waals surface area contributed by atoms with Crippen LogP contribution in [0, 0.1) is 3.57 Å². The molecule has 0 amide bonds. The molecule has 1 aromatic carbocycles. The van der Waals surface area contributed by atoms with E-state index in [1.807, 2.05) is 22.6 Å². The molecule has 66 valence electrons. The fraction of sp³-hybridized carbons (Fsp3) is 0.143. The van der Waals surface area contributed by atoms with Crippen molar-refractivity contribution in [2.45, 2.75) is 5.75 Å². The van der Waals surface area contributed by atoms with Crippen molar-refractivity contribution in [1.29, 1.82) is 0 Å². The van der Waals surface area contributed by atoms with E-state index in [4.69, 9.17) is 0 Å². The summed E-state index contributed by atoms with van der Waals surface area (Å²) >= 11 is 1.97. The van der Waals surface area contributed by atoms with Gasteiger partial charge in [-0.3, -0.25) is 0 Å². The van der Waals surface area contributed by atoms with E-state index in [-0.39, 0.29) is 0 Å². The van der Waals surface area contributed by atoms with E-state index in [2.05, 4.69) is 0 Å². The van der Waals surface area contributed by atoms with Crippen LogP contribution in [0.15, 0.2) is 24.3 Å². The first-order valence-corrected chi connectivity index (χ1v) is 5.78. The van der Waals surface area contributed by atoms with Crippen LogP contribution in [0.1, 0.15) is 5.56 Å². The molecule has 0 N–H and O–H groups in total. The van der Waals surface area contributed by atoms with Gasteiger partial charge in [-0.2, -0.15) is 8.42 Å². The summed E-state index contributed by atoms with van der Waals surface area (Å²) in [5.41, 5.74) is 0.501. The lowest BCUT2D eigenvalue weighted by atomic mass is 10.2. The minimum atomic E-state index is -4.40. The van der Waals surface area contributed by atoms with Gasteiger partial charge in [-0.15, -0.1) is 3.89 Å². The second kappa shape index (κ2) is 3.69. The Bertz CT molecular complexity index is 375. The van der Waals surface area contributed by atoms with Crippen LogP contribution in [0.25, 0.3) is 0 Å². The fourth-order valence-corrected chi connectivity index (χ4v) is 2.26. The molecule has 0 spiro atoms. The Morgan fingerprint density at radius 1 is 1.33 bits per heavy atom. The smallest absolute Gasteiger partial charge is 0.194 e. The monoisotopic (exact) mass is 300 g/mol. The van der Waals surface area contributed by atoms with E-state index in [9.17, 15) is 12.3 Å². The predicted octanol–water partition coefficient (Wildman–Crippen LogP) is 2.09. The quantitative estimate of drug-likeness (QED) is 0.619. The average molecular weight is 300 g/mol. The maximum atomic E-state index is 12.2. The molecule has 12 heavy (non-hydrogen) atoms. The molecule has 0 aliphatic carbocycles. The van der Waals surface area contributed by atoms with Crippen LogP contribution >= 0.6 is 22.6 Å². The van der Waals surface area contributed by atoms with Crippen molar-refractivity contribution >= 4 is 32.8 Å². The maximum Gasteiger partial charge on any atom is 0.306 e. The number of hydrogen-bond acceptors (Lipinski definition) is 2. The van der Waals surface area contributed by atoms with Crippen molar-refractivity contribution in [2.75, 3.05) is 0 Å². The summed E-state index contributed by atoms with van der Waals surface area (Å²) in [6.07, 6.45) is 0. The Hall–Kier alpha value is -0.170. The van der Waals surface area contributed by atoms with Crippen LogP contribution in [-0.2, 0) is 16.0 Å². The lowest BCUT2D eigenvalue weighted by Crippen LogP contribution is -1.97. The van der Waals surface area contributed by atoms with E-state index in [0.717, 1.165) is 3.57 Å². The highest BCUT2D eigenvalue weighted by atomic mass is 127. The molecule has 0 aliphatic heterocycles. The number of rotatable bonds is 2. The molecule has 0 saturated heterocycles. The van der Waals surface area contributed by atoms with Crippen molar-refractivity contribution < 1.29 is 12.3 Å². The maximum absolute atomic E-state index is 12.2. The SMILES string of the molecule is O=S(=O)(F)Cc1ccccc1I. The molecule has 0 radical (unpaired) electrons. The van der Waals surface area contributed by atoms with Crippen LogP contribution in [0.5, 0.6) is 0 Å². The van der Waals surface area contributed by atoms with Gasteiger partial charge in [0.05, 0.1) is 0 Å². The molecule has 5 heteroatoms. The van der Waals surface area contributed by atoms with Crippen molar-refractivity contribution in [3.8, 4) is 0 Å². The van der Waals surface area contributed by atoms with Gasteiger partial charge in [-0.05, 0) is 34.2 Å². The molecular weight excluding hydrogens is 294 g/mol. The highest BCUT2D eigenvalue weighted by Gasteiger charge is 2.10. The minimum absolute atomic E-state index is 0.501. The zero-order valence-electron chi connectivity index (χ0n) is 6.00. The van der Waals surface area contributed by atoms with Gasteiger partial charge in [0.2, 0.25) is 0 Å². The zero-order valence-corrected chi connectivity index (χ0v) is 8.97. The summed E-state index contributed by atoms with van der Waals surface area (Å²) in [5.74, 6) is -0.536. The molecule has 0 aromatic heterocycles. The number of hydrogen-bond donors (Lipinski definition) is 0. The second-order valence-electron chi connectivity index (χ2n) is 2.27. The molecule has 1 rings (SSSR count). The molecule has 0 fully saturated rings. The molecule has 0 saturated carbocycles. The summed E-state index contributed by atoms with van der Waals surface area (Å²) in [4.78, 5) is 0. The van der Waals surface area contributed by atoms with Crippen molar-refractivity contribution in [3.05, 3.63) is 33.4 Å². The van der Waals surface area contributed by atoms with Crippen LogP contribution in [0.2, 0.25) is 0 Å². The van der Waals surface area contributed by atoms with Gasteiger partial charge in [0.1, 0.15) is 5.75 Å². The Morgan fingerprint density at radius 3 is 2.42 bits per heavy atom. The molecule has 0 aliphatic rings. The van der Waals surface area contributed by atoms with Gasteiger partial charge in [0.15, 0.2) is 0 Å². The molecule has 2 nitrogen and oxygen atoms in total. The normalized spacial score (nSPS) is 11.5. The molecular formula is C7H6FIO2S. The highest BCUT2D eigenvalue weighted by molar-refractivity contribution is 14.1. The zero-order chi connectivity index (χ0) is 9.19. The number of halogens is 2. The van der Waals surface area contributed by atoms with E-state index < -0.39 is 16.0 Å². The summed E-state index contributed by atoms with van der Waals surface area (Å²) in [6.45, 7) is 0. The Balaban J connectivity index is 2.98. The van der Waals surface area contributed by atoms with Gasteiger partial charge in [0.25, 0.3) is 0 Å². The molecule has 0 bridgehead atoms. The highest BCUT2D eigenvalue weighted by Crippen LogP contribution is 2.14. The van der Waals surface area contributed by atoms with Crippen LogP contribution < -0.4 is 0 Å². The predicted molar refractivity (Wildman–Crippen MR) is 52.9 cm³/mol. The summed E-state index contributed by atoms with van der Waals surface area (Å²) in [6, 6.07) is 6.79. The third-order valence-corrected chi connectivity index (χ3v) is 2.99. The molecule has 1 aromatic rings. The summed E-state index contributed by atoms with van der Waals surface area (Å²) in [7, 11) is -4.40. The van der Waals surface area contributed by atoms with Gasteiger partial charge in [-0.1, -0.05) is 18.2 Å². The second-order valence-corrected chi connectivity index (χ2v) is 4.80. The largest absolute Gasteiger partial charge is 0.306 e. The van der Waals surface area contributed by atoms with Crippen LogP contribution in [-0.4, -0.2) is 8.42 Å². The van der Waals surface area contributed by atoms with Gasteiger partial charge in [-0.25, -0.2) is 0 Å². The first kappa shape index (κ1) is 9.91. The van der Waals surface area contributed by atoms with E-state index in [0.29, 0.717) is 5.56 Å². The first-order chi connectivity index (χ1) is 5.49. The van der Waals surface area contributed by atoms with Crippen molar-refractivity contribution in [1.82, 2.24) is 0 Å². The minimum Gasteiger partial charge on any atom is -0.194 e. The third-order valence-electron chi connectivity index (χ3n) is 1.29. The van der Waals surface area contributed by atoms with Crippen molar-refractivity contribution in [3.63, 3.8) is 0 Å². The van der Waals surface area contributed by atoms with Crippen molar-refractivity contribution in [2.24, 2.45) is 0 Å². The average Bonchev–Trinajstić information content (AvgIpc) is 1.91. The van der Waals surface area contributed by atoms with Crippen LogP contribution in [0.4, 0.5) is 3.89 Å². The first-order valence-electron chi connectivity index (χ1n) is 3.15. The Labute approximate surface area is 84.1 Å². The lowest BCUT2D eigenvalue weighted by molar-refractivity contribution is 0.551. The van der Waals surface area contributed by atoms with Gasteiger partial charge >= 0.3 is 10.2 Å². The Kier molecular flexibility index (Phi) is 3.05. The topological polar surface area (TPSA) is 34.1 Å². The molecule has 0 atom stereocenters. The van der Waals surface area contributed by atoms with E-state index >= 15 is 0 Å². The van der Waals surface area contributed by atoms with Gasteiger partial charge in [0, 0.05) is 3.57 Å². The Morgan fingerprint density at radius 2 is 1.92 bits per heavy atom. The standard InChI is InChI=1S/C7H6FIO2S/c8-12(10,11)5-6-3-1-2-4-7(6)9/h1-4H,5H2. The summed E-state index contributed by atoms with van der Waals surface area (Å²) in [5, 5.41) is 0.